The third-order valence-electron chi connectivity index (χ3n) is 2.21. The summed E-state index contributed by atoms with van der Waals surface area (Å²) >= 11 is 0. The van der Waals surface area contributed by atoms with Crippen molar-refractivity contribution in [2.75, 3.05) is 11.9 Å². The van der Waals surface area contributed by atoms with Gasteiger partial charge in [0.15, 0.2) is 0 Å². The van der Waals surface area contributed by atoms with Crippen molar-refractivity contribution >= 4 is 11.6 Å². The van der Waals surface area contributed by atoms with E-state index in [4.69, 9.17) is 10.5 Å². The fourth-order valence-corrected chi connectivity index (χ4v) is 1.33. The van der Waals surface area contributed by atoms with Gasteiger partial charge < -0.3 is 20.9 Å². The van der Waals surface area contributed by atoms with E-state index >= 15 is 0 Å². The summed E-state index contributed by atoms with van der Waals surface area (Å²) in [5.41, 5.74) is 6.68. The molecule has 0 heterocycles. The van der Waals surface area contributed by atoms with Gasteiger partial charge in [-0.3, -0.25) is 4.79 Å². The first kappa shape index (κ1) is 13.5. The molecule has 0 aromatic heterocycles. The molecule has 1 rings (SSSR count). The Morgan fingerprint density at radius 1 is 1.59 bits per heavy atom. The molecule has 1 atom stereocenters. The molecule has 0 spiro atoms. The number of hydrogen-bond donors (Lipinski definition) is 3. The number of nitrogens with two attached hydrogens (primary N) is 1. The summed E-state index contributed by atoms with van der Waals surface area (Å²) < 4.78 is 5.34. The molecule has 94 valence electrons. The zero-order valence-corrected chi connectivity index (χ0v) is 10.1. The molecule has 0 unspecified atom stereocenters. The van der Waals surface area contributed by atoms with E-state index < -0.39 is 6.04 Å². The number of carbonyl (C=O) groups excluding carboxylic acids is 1. The Bertz CT molecular complexity index is 391. The molecule has 0 fully saturated rings. The minimum absolute atomic E-state index is 0.142. The second-order valence-corrected chi connectivity index (χ2v) is 3.69. The maximum Gasteiger partial charge on any atom is 0.240 e. The molecule has 0 aliphatic rings. The quantitative estimate of drug-likeness (QED) is 0.710. The monoisotopic (exact) mass is 238 g/mol. The number of benzene rings is 1. The van der Waals surface area contributed by atoms with Gasteiger partial charge in [0.2, 0.25) is 5.91 Å². The Balaban J connectivity index is 2.85. The van der Waals surface area contributed by atoms with Crippen molar-refractivity contribution in [3.05, 3.63) is 23.8 Å². The number of amides is 1. The fourth-order valence-electron chi connectivity index (χ4n) is 1.33. The predicted octanol–water partition coefficient (Wildman–Crippen LogP) is 0.863. The topological polar surface area (TPSA) is 84.6 Å². The molecule has 0 aliphatic heterocycles. The van der Waals surface area contributed by atoms with Crippen molar-refractivity contribution in [1.29, 1.82) is 0 Å². The molecular formula is C12H18N2O3. The smallest absolute Gasteiger partial charge is 0.240 e. The van der Waals surface area contributed by atoms with Crippen molar-refractivity contribution in [1.82, 2.24) is 0 Å². The van der Waals surface area contributed by atoms with E-state index in [9.17, 15) is 9.90 Å². The number of rotatable bonds is 5. The van der Waals surface area contributed by atoms with Gasteiger partial charge >= 0.3 is 0 Å². The van der Waals surface area contributed by atoms with Crippen LogP contribution in [0.3, 0.4) is 0 Å². The molecule has 0 saturated carbocycles. The second-order valence-electron chi connectivity index (χ2n) is 3.69. The maximum atomic E-state index is 11.4. The molecule has 5 heteroatoms. The van der Waals surface area contributed by atoms with Gasteiger partial charge in [-0.05, 0) is 32.0 Å². The van der Waals surface area contributed by atoms with Crippen LogP contribution >= 0.6 is 0 Å². The highest BCUT2D eigenvalue weighted by Crippen LogP contribution is 2.23. The van der Waals surface area contributed by atoms with Crippen LogP contribution in [0.4, 0.5) is 5.69 Å². The summed E-state index contributed by atoms with van der Waals surface area (Å²) in [4.78, 5) is 11.4. The highest BCUT2D eigenvalue weighted by Gasteiger charge is 2.09. The highest BCUT2D eigenvalue weighted by molar-refractivity contribution is 5.94. The molecule has 4 N–H and O–H groups in total. The van der Waals surface area contributed by atoms with Gasteiger partial charge in [-0.15, -0.1) is 0 Å². The standard InChI is InChI=1S/C12H18N2O3/c1-3-17-11-5-4-10(6-9(11)7-15)14-12(16)8(2)13/h4-6,8,15H,3,7,13H2,1-2H3,(H,14,16)/t8-/m1/s1. The van der Waals surface area contributed by atoms with Crippen molar-refractivity contribution in [2.45, 2.75) is 26.5 Å². The van der Waals surface area contributed by atoms with Crippen molar-refractivity contribution in [3.8, 4) is 5.75 Å². The van der Waals surface area contributed by atoms with Crippen LogP contribution in [-0.2, 0) is 11.4 Å². The lowest BCUT2D eigenvalue weighted by molar-refractivity contribution is -0.117. The van der Waals surface area contributed by atoms with E-state index in [1.54, 1.807) is 25.1 Å². The lowest BCUT2D eigenvalue weighted by atomic mass is 10.2. The van der Waals surface area contributed by atoms with Crippen LogP contribution in [0.1, 0.15) is 19.4 Å². The second kappa shape index (κ2) is 6.22. The molecule has 0 saturated heterocycles. The molecule has 1 aromatic rings. The fraction of sp³-hybridized carbons (Fsp3) is 0.417. The average molecular weight is 238 g/mol. The van der Waals surface area contributed by atoms with Gasteiger partial charge in [-0.25, -0.2) is 0 Å². The number of nitrogens with one attached hydrogen (secondary N) is 1. The molecule has 0 radical (unpaired) electrons. The largest absolute Gasteiger partial charge is 0.494 e. The van der Waals surface area contributed by atoms with Gasteiger partial charge in [0.1, 0.15) is 5.75 Å². The SMILES string of the molecule is CCOc1ccc(NC(=O)[C@@H](C)N)cc1CO. The Labute approximate surface area is 101 Å². The molecule has 0 aliphatic carbocycles. The summed E-state index contributed by atoms with van der Waals surface area (Å²) in [6, 6.07) is 4.53. The van der Waals surface area contributed by atoms with Crippen LogP contribution in [0, 0.1) is 0 Å². The van der Waals surface area contributed by atoms with E-state index in [2.05, 4.69) is 5.32 Å². The zero-order chi connectivity index (χ0) is 12.8. The zero-order valence-electron chi connectivity index (χ0n) is 10.1. The molecular weight excluding hydrogens is 220 g/mol. The summed E-state index contributed by atoms with van der Waals surface area (Å²) in [5, 5.41) is 11.9. The minimum atomic E-state index is -0.570. The first-order chi connectivity index (χ1) is 8.08. The Morgan fingerprint density at radius 3 is 2.82 bits per heavy atom. The predicted molar refractivity (Wildman–Crippen MR) is 65.8 cm³/mol. The first-order valence-electron chi connectivity index (χ1n) is 5.51. The highest BCUT2D eigenvalue weighted by atomic mass is 16.5. The molecule has 1 aromatic carbocycles. The Hall–Kier alpha value is -1.59. The normalized spacial score (nSPS) is 12.0. The van der Waals surface area contributed by atoms with Gasteiger partial charge in [0, 0.05) is 11.3 Å². The van der Waals surface area contributed by atoms with Crippen molar-refractivity contribution < 1.29 is 14.6 Å². The van der Waals surface area contributed by atoms with Crippen LogP contribution in [0.15, 0.2) is 18.2 Å². The molecule has 0 bridgehead atoms. The molecule has 17 heavy (non-hydrogen) atoms. The summed E-state index contributed by atoms with van der Waals surface area (Å²) in [6.07, 6.45) is 0. The van der Waals surface area contributed by atoms with Crippen LogP contribution in [0.5, 0.6) is 5.75 Å². The molecule has 1 amide bonds. The number of carbonyl (C=O) groups is 1. The Kier molecular flexibility index (Phi) is 4.93. The summed E-state index contributed by atoms with van der Waals surface area (Å²) in [7, 11) is 0. The Morgan fingerprint density at radius 2 is 2.29 bits per heavy atom. The van der Waals surface area contributed by atoms with Crippen molar-refractivity contribution in [3.63, 3.8) is 0 Å². The number of anilines is 1. The van der Waals surface area contributed by atoms with E-state index in [1.165, 1.54) is 0 Å². The van der Waals surface area contributed by atoms with E-state index in [0.29, 0.717) is 23.6 Å². The summed E-state index contributed by atoms with van der Waals surface area (Å²) in [5.74, 6) is 0.354. The number of aliphatic hydroxyl groups is 1. The first-order valence-corrected chi connectivity index (χ1v) is 5.51. The van der Waals surface area contributed by atoms with Crippen LogP contribution < -0.4 is 15.8 Å². The average Bonchev–Trinajstić information content (AvgIpc) is 2.31. The van der Waals surface area contributed by atoms with Crippen LogP contribution in [0.2, 0.25) is 0 Å². The lowest BCUT2D eigenvalue weighted by Gasteiger charge is -2.12. The number of aliphatic hydroxyl groups excluding tert-OH is 1. The lowest BCUT2D eigenvalue weighted by Crippen LogP contribution is -2.32. The van der Waals surface area contributed by atoms with E-state index in [0.717, 1.165) is 0 Å². The van der Waals surface area contributed by atoms with Gasteiger partial charge in [0.05, 0.1) is 19.3 Å². The van der Waals surface area contributed by atoms with Crippen LogP contribution in [0.25, 0.3) is 0 Å². The number of ether oxygens (including phenoxy) is 1. The van der Waals surface area contributed by atoms with Gasteiger partial charge in [-0.1, -0.05) is 0 Å². The van der Waals surface area contributed by atoms with E-state index in [-0.39, 0.29) is 12.5 Å². The summed E-state index contributed by atoms with van der Waals surface area (Å²) in [6.45, 7) is 3.86. The molecule has 5 nitrogen and oxygen atoms in total. The van der Waals surface area contributed by atoms with E-state index in [1.807, 2.05) is 6.92 Å². The minimum Gasteiger partial charge on any atom is -0.494 e. The number of hydrogen-bond acceptors (Lipinski definition) is 4. The third kappa shape index (κ3) is 3.72. The van der Waals surface area contributed by atoms with Gasteiger partial charge in [0.25, 0.3) is 0 Å². The maximum absolute atomic E-state index is 11.4. The van der Waals surface area contributed by atoms with Crippen LogP contribution in [-0.4, -0.2) is 23.7 Å². The third-order valence-corrected chi connectivity index (χ3v) is 2.21. The van der Waals surface area contributed by atoms with Crippen molar-refractivity contribution in [2.24, 2.45) is 5.73 Å². The van der Waals surface area contributed by atoms with Gasteiger partial charge in [-0.2, -0.15) is 0 Å².